The first-order valence-electron chi connectivity index (χ1n) is 7.01. The molecule has 1 aromatic carbocycles. The summed E-state index contributed by atoms with van der Waals surface area (Å²) in [6.45, 7) is -3.25. The van der Waals surface area contributed by atoms with Gasteiger partial charge in [0.25, 0.3) is 5.91 Å². The molecule has 1 heterocycles. The van der Waals surface area contributed by atoms with Gasteiger partial charge in [-0.15, -0.1) is 0 Å². The highest BCUT2D eigenvalue weighted by molar-refractivity contribution is 7.89. The van der Waals surface area contributed by atoms with E-state index >= 15 is 0 Å². The smallest absolute Gasteiger partial charge is 0.321 e. The van der Waals surface area contributed by atoms with E-state index in [1.165, 1.54) is 0 Å². The van der Waals surface area contributed by atoms with Gasteiger partial charge in [0.2, 0.25) is 21.6 Å². The van der Waals surface area contributed by atoms with Crippen molar-refractivity contribution in [3.8, 4) is 0 Å². The van der Waals surface area contributed by atoms with Crippen molar-refractivity contribution < 1.29 is 31.7 Å². The van der Waals surface area contributed by atoms with Gasteiger partial charge in [-0.1, -0.05) is 6.07 Å². The number of primary sulfonamides is 1. The first-order chi connectivity index (χ1) is 13.0. The summed E-state index contributed by atoms with van der Waals surface area (Å²) in [5.74, 6) is -1.29. The van der Waals surface area contributed by atoms with Crippen LogP contribution in [0.3, 0.4) is 0 Å². The second kappa shape index (κ2) is 7.99. The van der Waals surface area contributed by atoms with E-state index in [1.54, 1.807) is 0 Å². The fourth-order valence-corrected chi connectivity index (χ4v) is 3.08. The minimum absolute atomic E-state index is 0.138. The Morgan fingerprint density at radius 3 is 2.64 bits per heavy atom. The minimum Gasteiger partial charge on any atom is -0.468 e. The number of nitrogens with zero attached hydrogens (tertiary/aromatic N) is 4. The molecule has 1 aliphatic heterocycles. The molecule has 152 valence electrons. The Balaban J connectivity index is 2.48. The van der Waals surface area contributed by atoms with E-state index in [4.69, 9.17) is 16.7 Å². The number of halogens is 3. The largest absolute Gasteiger partial charge is 0.468 e. The molecule has 28 heavy (non-hydrogen) atoms. The normalized spacial score (nSPS) is 17.1. The second-order valence-corrected chi connectivity index (χ2v) is 6.85. The molecule has 0 bridgehead atoms. The lowest BCUT2D eigenvalue weighted by Crippen LogP contribution is -2.54. The summed E-state index contributed by atoms with van der Waals surface area (Å²) in [4.78, 5) is 28.8. The van der Waals surface area contributed by atoms with E-state index < -0.39 is 61.2 Å². The van der Waals surface area contributed by atoms with Crippen LogP contribution in [-0.4, -0.2) is 55.4 Å². The third-order valence-electron chi connectivity index (χ3n) is 3.29. The third-order valence-corrected chi connectivity index (χ3v) is 4.41. The number of nitrogens with two attached hydrogens (primary N) is 1. The Morgan fingerprint density at radius 2 is 2.14 bits per heavy atom. The van der Waals surface area contributed by atoms with Crippen LogP contribution < -0.4 is 10.5 Å². The van der Waals surface area contributed by atoms with Crippen molar-refractivity contribution in [2.75, 3.05) is 7.11 Å². The van der Waals surface area contributed by atoms with E-state index in [1.807, 2.05) is 5.32 Å². The van der Waals surface area contributed by atoms with Crippen molar-refractivity contribution in [2.45, 2.75) is 17.7 Å². The third kappa shape index (κ3) is 4.32. The number of nitrogens with one attached hydrogen (secondary N) is 1. The quantitative estimate of drug-likeness (QED) is 0.379. The lowest BCUT2D eigenvalue weighted by atomic mass is 10.1. The fraction of sp³-hybridized carbons (Fsp3) is 0.250. The minimum atomic E-state index is -4.55. The van der Waals surface area contributed by atoms with E-state index in [0.29, 0.717) is 0 Å². The van der Waals surface area contributed by atoms with Crippen LogP contribution in [0.1, 0.15) is 10.4 Å². The van der Waals surface area contributed by atoms with Crippen LogP contribution in [0.5, 0.6) is 0 Å². The molecule has 12 nitrogen and oxygen atoms in total. The Hall–Kier alpha value is -2.91. The number of carbonyl (C=O) groups is 1. The summed E-state index contributed by atoms with van der Waals surface area (Å²) in [6, 6.07) is 2.08. The number of rotatable bonds is 5. The van der Waals surface area contributed by atoms with Crippen molar-refractivity contribution in [1.82, 2.24) is 10.2 Å². The first kappa shape index (κ1) is 21.4. The van der Waals surface area contributed by atoms with Gasteiger partial charge >= 0.3 is 18.3 Å². The molecule has 1 aliphatic rings. The molecule has 0 aromatic heterocycles. The lowest BCUT2D eigenvalue weighted by Gasteiger charge is -2.31. The van der Waals surface area contributed by atoms with Gasteiger partial charge in [0.15, 0.2) is 4.90 Å². The number of para-hydroxylation sites is 1. The molecule has 1 amide bonds. The van der Waals surface area contributed by atoms with Crippen LogP contribution in [0.4, 0.5) is 14.5 Å². The van der Waals surface area contributed by atoms with E-state index in [9.17, 15) is 32.1 Å². The molecular weight excluding hydrogens is 430 g/mol. The highest BCUT2D eigenvalue weighted by Gasteiger charge is 2.37. The van der Waals surface area contributed by atoms with Gasteiger partial charge < -0.3 is 10.1 Å². The van der Waals surface area contributed by atoms with Crippen molar-refractivity contribution in [1.29, 1.82) is 0 Å². The van der Waals surface area contributed by atoms with Gasteiger partial charge in [-0.2, -0.15) is 13.8 Å². The topological polar surface area (TPSA) is 170 Å². The summed E-state index contributed by atoms with van der Waals surface area (Å²) >= 11 is 5.61. The van der Waals surface area contributed by atoms with Gasteiger partial charge in [0.05, 0.1) is 12.0 Å². The number of alkyl halides is 2. The number of ether oxygens (including phenoxy) is 1. The van der Waals surface area contributed by atoms with E-state index in [-0.39, 0.29) is 4.90 Å². The van der Waals surface area contributed by atoms with Crippen LogP contribution in [0, 0.1) is 10.1 Å². The molecule has 0 fully saturated rings. The predicted molar refractivity (Wildman–Crippen MR) is 91.3 cm³/mol. The summed E-state index contributed by atoms with van der Waals surface area (Å²) in [7, 11) is -3.54. The van der Waals surface area contributed by atoms with Crippen LogP contribution in [0.15, 0.2) is 33.1 Å². The Bertz CT molecular complexity index is 985. The van der Waals surface area contributed by atoms with Crippen molar-refractivity contribution in [3.05, 3.63) is 33.9 Å². The van der Waals surface area contributed by atoms with Crippen molar-refractivity contribution in [2.24, 2.45) is 15.1 Å². The fourth-order valence-electron chi connectivity index (χ4n) is 2.19. The van der Waals surface area contributed by atoms with Crippen molar-refractivity contribution >= 4 is 44.5 Å². The van der Waals surface area contributed by atoms with E-state index in [2.05, 4.69) is 14.7 Å². The van der Waals surface area contributed by atoms with Crippen LogP contribution >= 0.6 is 11.6 Å². The Morgan fingerprint density at radius 1 is 1.50 bits per heavy atom. The van der Waals surface area contributed by atoms with Gasteiger partial charge in [0.1, 0.15) is 5.56 Å². The summed E-state index contributed by atoms with van der Waals surface area (Å²) in [5.41, 5.74) is -1.88. The maximum Gasteiger partial charge on any atom is 0.321 e. The molecule has 16 heteroatoms. The van der Waals surface area contributed by atoms with Crippen molar-refractivity contribution in [3.63, 3.8) is 0 Å². The number of sulfonamides is 1. The van der Waals surface area contributed by atoms with E-state index in [0.717, 1.165) is 25.3 Å². The molecule has 1 aromatic rings. The number of aliphatic imine (C=N–C) groups is 2. The van der Waals surface area contributed by atoms with Crippen LogP contribution in [0.25, 0.3) is 0 Å². The number of nitro benzene ring substituents is 1. The maximum absolute atomic E-state index is 13.3. The SMILES string of the molecule is COC1=NC(Cl)=NC(NC(=O)c2cccc(S(N)(=O)=O)c2[N+](=O)[O-])N1C(F)F. The zero-order chi connectivity index (χ0) is 21.2. The molecule has 1 atom stereocenters. The molecule has 3 N–H and O–H groups in total. The molecule has 0 radical (unpaired) electrons. The molecule has 1 unspecified atom stereocenters. The van der Waals surface area contributed by atoms with Crippen LogP contribution in [0.2, 0.25) is 0 Å². The first-order valence-corrected chi connectivity index (χ1v) is 8.93. The zero-order valence-electron chi connectivity index (χ0n) is 13.7. The molecule has 0 saturated carbocycles. The molecule has 0 aliphatic carbocycles. The second-order valence-electron chi connectivity index (χ2n) is 4.98. The Labute approximate surface area is 160 Å². The molecule has 0 saturated heterocycles. The van der Waals surface area contributed by atoms with Gasteiger partial charge in [-0.25, -0.2) is 23.4 Å². The average Bonchev–Trinajstić information content (AvgIpc) is 2.59. The average molecular weight is 441 g/mol. The van der Waals surface area contributed by atoms with Gasteiger partial charge in [-0.05, 0) is 23.7 Å². The van der Waals surface area contributed by atoms with Crippen LogP contribution in [-0.2, 0) is 14.8 Å². The summed E-state index contributed by atoms with van der Waals surface area (Å²) < 4.78 is 54.4. The standard InChI is InChI=1S/C12H11ClF2N6O6S/c1-27-12-19-9(13)18-11(20(12)10(14)15)17-8(22)5-3-2-4-6(28(16,25)26)7(5)21(23)24/h2-4,10-11H,1H3,(H,17,22)(H2,16,25,26). The number of nitro groups is 1. The highest BCUT2D eigenvalue weighted by atomic mass is 35.5. The molecule has 0 spiro atoms. The number of hydrogen-bond acceptors (Lipinski definition) is 9. The number of hydrogen-bond donors (Lipinski definition) is 2. The number of amidine groups is 2. The molecule has 2 rings (SSSR count). The van der Waals surface area contributed by atoms with Gasteiger partial charge in [0, 0.05) is 0 Å². The summed E-state index contributed by atoms with van der Waals surface area (Å²) in [5, 5.41) is 17.7. The lowest BCUT2D eigenvalue weighted by molar-refractivity contribution is -0.388. The Kier molecular flexibility index (Phi) is 6.10. The predicted octanol–water partition coefficient (Wildman–Crippen LogP) is 0.391. The monoisotopic (exact) mass is 440 g/mol. The summed E-state index contributed by atoms with van der Waals surface area (Å²) in [6.07, 6.45) is -1.84. The highest BCUT2D eigenvalue weighted by Crippen LogP contribution is 2.27. The number of carbonyl (C=O) groups excluding carboxylic acids is 1. The maximum atomic E-state index is 13.3. The number of benzene rings is 1. The molecular formula is C12H11ClF2N6O6S. The van der Waals surface area contributed by atoms with Gasteiger partial charge in [-0.3, -0.25) is 14.9 Å². The number of methoxy groups -OCH3 is 1. The zero-order valence-corrected chi connectivity index (χ0v) is 15.3. The number of amides is 1.